The molecule has 0 radical (unpaired) electrons. The van der Waals surface area contributed by atoms with Crippen molar-refractivity contribution in [2.24, 2.45) is 0 Å². The van der Waals surface area contributed by atoms with Gasteiger partial charge in [0.05, 0.1) is 15.5 Å². The Morgan fingerprint density at radius 3 is 3.00 bits per heavy atom. The smallest absolute Gasteiger partial charge is 0.404 e. The topological polar surface area (TPSA) is 132 Å². The highest BCUT2D eigenvalue weighted by atomic mass is 35.5. The predicted octanol–water partition coefficient (Wildman–Crippen LogP) is 2.35. The summed E-state index contributed by atoms with van der Waals surface area (Å²) < 4.78 is 77.4. The Balaban J connectivity index is 1.63. The fraction of sp³-hybridized carbons (Fsp3) is 0.375. The molecule has 10 nitrogen and oxygen atoms in total. The number of aliphatic hydroxyl groups excluding tert-OH is 2. The van der Waals surface area contributed by atoms with Crippen LogP contribution in [0.3, 0.4) is 0 Å². The Hall–Kier alpha value is -1.70. The number of nitrogens with zero attached hydrogens (tertiary/aromatic N) is 1. The number of ether oxygens (including phenoxy) is 1. The Morgan fingerprint density at radius 1 is 1.52 bits per heavy atom. The lowest BCUT2D eigenvalue weighted by atomic mass is 10.1. The van der Waals surface area contributed by atoms with Crippen LogP contribution in [0, 0.1) is 10.5 Å². The molecular formula is C16H14ClF2N2O8PS. The summed E-state index contributed by atoms with van der Waals surface area (Å²) in [5.74, 6) is -5.09. The lowest BCUT2D eigenvalue weighted by molar-refractivity contribution is -0.205. The highest BCUT2D eigenvalue weighted by Gasteiger charge is 2.57. The minimum absolute atomic E-state index is 0.0370. The van der Waals surface area contributed by atoms with Crippen LogP contribution in [0.1, 0.15) is 14.5 Å². The molecule has 3 heterocycles. The maximum Gasteiger partial charge on any atom is 0.530 e. The number of H-pyrrole nitrogens is 1. The lowest BCUT2D eigenvalue weighted by Crippen LogP contribution is -2.43. The van der Waals surface area contributed by atoms with Crippen molar-refractivity contribution in [1.29, 1.82) is 0 Å². The third kappa shape index (κ3) is 4.20. The number of halogens is 3. The Kier molecular flexibility index (Phi) is 5.16. The molecule has 2 aliphatic heterocycles. The molecule has 1 saturated heterocycles. The van der Waals surface area contributed by atoms with Gasteiger partial charge >= 0.3 is 13.5 Å². The molecule has 2 aliphatic rings. The van der Waals surface area contributed by atoms with E-state index in [0.717, 1.165) is 0 Å². The zero-order chi connectivity index (χ0) is 24.3. The largest absolute Gasteiger partial charge is 0.530 e. The zero-order valence-corrected chi connectivity index (χ0v) is 17.5. The van der Waals surface area contributed by atoms with Crippen LogP contribution in [-0.4, -0.2) is 44.4 Å². The van der Waals surface area contributed by atoms with E-state index in [1.165, 1.54) is 18.2 Å². The molecule has 0 bridgehead atoms. The molecule has 0 amide bonds. The summed E-state index contributed by atoms with van der Waals surface area (Å²) in [5.41, 5.74) is -0.797. The summed E-state index contributed by atoms with van der Waals surface area (Å²) in [5, 5.41) is 20.7. The Bertz CT molecular complexity index is 1280. The molecule has 0 spiro atoms. The Labute approximate surface area is 185 Å². The molecular weight excluding hydrogens is 485 g/mol. The van der Waals surface area contributed by atoms with Gasteiger partial charge in [-0.05, 0) is 18.2 Å². The molecule has 15 heteroatoms. The van der Waals surface area contributed by atoms with Crippen molar-refractivity contribution in [2.45, 2.75) is 30.9 Å². The first-order valence-electron chi connectivity index (χ1n) is 9.43. The number of hydrogen-bond acceptors (Lipinski definition) is 9. The molecule has 0 aliphatic carbocycles. The summed E-state index contributed by atoms with van der Waals surface area (Å²) in [6.45, 7) is -4.17. The molecule has 1 unspecified atom stereocenters. The highest BCUT2D eigenvalue weighted by Crippen LogP contribution is 2.56. The van der Waals surface area contributed by atoms with Crippen molar-refractivity contribution >= 4 is 31.6 Å². The normalized spacial score (nSPS) is 33.9. The summed E-state index contributed by atoms with van der Waals surface area (Å²) in [7, 11) is -4.82. The number of alkyl halides is 1. The minimum Gasteiger partial charge on any atom is -0.404 e. The van der Waals surface area contributed by atoms with Gasteiger partial charge in [-0.3, -0.25) is 18.6 Å². The maximum absolute atomic E-state index is 15.6. The SMILES string of the molecule is [2H]C([2H])(OP1(=O)OCc2cc(Cl)ccc2O1)[C@@]1(F)O[C@@H](n2cc(F)c(=S)[nH]c2=O)[C@H](O)[C@@H]1O. The summed E-state index contributed by atoms with van der Waals surface area (Å²) in [6.07, 6.45) is -6.61. The molecule has 31 heavy (non-hydrogen) atoms. The van der Waals surface area contributed by atoms with E-state index in [1.54, 1.807) is 0 Å². The van der Waals surface area contributed by atoms with Gasteiger partial charge in [-0.15, -0.1) is 0 Å². The standard InChI is InChI=1S/C16H14ClF2N2O8PS/c17-8-1-2-10-7(3-8)5-26-30(25,29-10)27-6-16(19)12(23)11(22)14(28-16)21-4-9(18)13(31)20-15(21)24/h1-4,11-12,14,22-23H,5-6H2,(H,20,24,31)/t11-,12+,14-,16-,30?/m1/s1/i6D2. The van der Waals surface area contributed by atoms with Gasteiger partial charge in [-0.1, -0.05) is 23.8 Å². The first-order valence-corrected chi connectivity index (χ1v) is 10.7. The third-order valence-electron chi connectivity index (χ3n) is 4.39. The van der Waals surface area contributed by atoms with Crippen LogP contribution in [0.15, 0.2) is 29.2 Å². The molecule has 4 rings (SSSR count). The van der Waals surface area contributed by atoms with E-state index in [0.29, 0.717) is 21.4 Å². The molecule has 1 aromatic carbocycles. The summed E-state index contributed by atoms with van der Waals surface area (Å²) >= 11 is 10.4. The van der Waals surface area contributed by atoms with E-state index in [2.05, 4.69) is 16.7 Å². The van der Waals surface area contributed by atoms with Crippen LogP contribution < -0.4 is 10.2 Å². The van der Waals surface area contributed by atoms with Crippen LogP contribution in [-0.2, 0) is 25.0 Å². The summed E-state index contributed by atoms with van der Waals surface area (Å²) in [4.78, 5) is 14.0. The van der Waals surface area contributed by atoms with Crippen LogP contribution in [0.5, 0.6) is 5.75 Å². The van der Waals surface area contributed by atoms with Crippen molar-refractivity contribution in [3.05, 3.63) is 55.9 Å². The number of nitrogens with one attached hydrogen (secondary N) is 1. The fourth-order valence-corrected chi connectivity index (χ4v) is 4.28. The number of rotatable bonds is 4. The van der Waals surface area contributed by atoms with Gasteiger partial charge < -0.3 is 19.5 Å². The molecule has 1 aromatic heterocycles. The van der Waals surface area contributed by atoms with Crippen molar-refractivity contribution in [2.75, 3.05) is 6.56 Å². The lowest BCUT2D eigenvalue weighted by Gasteiger charge is -2.28. The average Bonchev–Trinajstić information content (AvgIpc) is 2.96. The number of aromatic nitrogens is 2. The van der Waals surface area contributed by atoms with Crippen molar-refractivity contribution < 1.29 is 44.6 Å². The third-order valence-corrected chi connectivity index (χ3v) is 6.11. The molecule has 1 fully saturated rings. The second kappa shape index (κ2) is 8.01. The number of fused-ring (bicyclic) bond motifs is 1. The van der Waals surface area contributed by atoms with Gasteiger partial charge in [0.1, 0.15) is 29.2 Å². The monoisotopic (exact) mass is 500 g/mol. The van der Waals surface area contributed by atoms with Gasteiger partial charge in [-0.25, -0.2) is 18.1 Å². The number of phosphoric acid groups is 1. The Morgan fingerprint density at radius 2 is 2.26 bits per heavy atom. The van der Waals surface area contributed by atoms with E-state index in [1.807, 2.05) is 4.98 Å². The fourth-order valence-electron chi connectivity index (χ4n) is 2.85. The number of aliphatic hydroxyl groups is 2. The first kappa shape index (κ1) is 19.9. The van der Waals surface area contributed by atoms with Gasteiger partial charge in [0.25, 0.3) is 5.85 Å². The van der Waals surface area contributed by atoms with Gasteiger partial charge in [0.15, 0.2) is 12.0 Å². The van der Waals surface area contributed by atoms with Crippen LogP contribution in [0.2, 0.25) is 5.02 Å². The van der Waals surface area contributed by atoms with Crippen LogP contribution in [0.25, 0.3) is 0 Å². The van der Waals surface area contributed by atoms with Crippen molar-refractivity contribution in [3.8, 4) is 5.75 Å². The average molecular weight is 501 g/mol. The van der Waals surface area contributed by atoms with E-state index in [4.69, 9.17) is 28.1 Å². The number of benzene rings is 1. The van der Waals surface area contributed by atoms with Crippen molar-refractivity contribution in [3.63, 3.8) is 0 Å². The molecule has 2 aromatic rings. The quantitative estimate of drug-likeness (QED) is 0.427. The van der Waals surface area contributed by atoms with E-state index >= 15 is 4.39 Å². The maximum atomic E-state index is 15.6. The van der Waals surface area contributed by atoms with Gasteiger partial charge in [-0.2, -0.15) is 0 Å². The minimum atomic E-state index is -4.82. The van der Waals surface area contributed by atoms with E-state index in [9.17, 15) is 24.0 Å². The summed E-state index contributed by atoms with van der Waals surface area (Å²) in [6, 6.07) is 4.12. The highest BCUT2D eigenvalue weighted by molar-refractivity contribution is 7.71. The molecule has 3 N–H and O–H groups in total. The zero-order valence-electron chi connectivity index (χ0n) is 17.0. The molecule has 0 saturated carbocycles. The van der Waals surface area contributed by atoms with Gasteiger partial charge in [0.2, 0.25) is 0 Å². The van der Waals surface area contributed by atoms with Crippen LogP contribution >= 0.6 is 31.6 Å². The van der Waals surface area contributed by atoms with Crippen molar-refractivity contribution in [1.82, 2.24) is 9.55 Å². The predicted molar refractivity (Wildman–Crippen MR) is 102 cm³/mol. The van der Waals surface area contributed by atoms with E-state index in [-0.39, 0.29) is 5.75 Å². The van der Waals surface area contributed by atoms with E-state index < -0.39 is 61.4 Å². The number of aromatic amines is 1. The molecule has 5 atom stereocenters. The first-order chi connectivity index (χ1) is 15.3. The molecule has 168 valence electrons. The second-order valence-corrected chi connectivity index (χ2v) is 8.85. The van der Waals surface area contributed by atoms with Crippen LogP contribution in [0.4, 0.5) is 8.78 Å². The number of phosphoric ester groups is 1. The van der Waals surface area contributed by atoms with Gasteiger partial charge in [0, 0.05) is 10.6 Å². The second-order valence-electron chi connectivity index (χ2n) is 6.49. The number of hydrogen-bond donors (Lipinski definition) is 3.